The first-order chi connectivity index (χ1) is 5.22. The molecule has 0 atom stereocenters. The molecule has 0 aliphatic heterocycles. The van der Waals surface area contributed by atoms with Gasteiger partial charge >= 0.3 is 5.97 Å². The zero-order valence-corrected chi connectivity index (χ0v) is 6.16. The Hall–Kier alpha value is -1.51. The van der Waals surface area contributed by atoms with Crippen LogP contribution in [0, 0.1) is 0 Å². The van der Waals surface area contributed by atoms with Crippen molar-refractivity contribution >= 4 is 12.0 Å². The third-order valence-electron chi connectivity index (χ3n) is 1.05. The fourth-order valence-corrected chi connectivity index (χ4v) is 0.641. The molecular weight excluding hydrogens is 144 g/mol. The Balaban J connectivity index is 2.72. The van der Waals surface area contributed by atoms with E-state index in [1.165, 1.54) is 13.0 Å². The van der Waals surface area contributed by atoms with Gasteiger partial charge < -0.3 is 9.15 Å². The highest BCUT2D eigenvalue weighted by Crippen LogP contribution is 2.16. The molecule has 1 heterocycles. The van der Waals surface area contributed by atoms with E-state index in [0.717, 1.165) is 0 Å². The normalized spacial score (nSPS) is 9.18. The molecular formula is C8H8O3. The van der Waals surface area contributed by atoms with E-state index in [1.807, 2.05) is 0 Å². The van der Waals surface area contributed by atoms with E-state index < -0.39 is 5.97 Å². The van der Waals surface area contributed by atoms with E-state index in [4.69, 9.17) is 4.42 Å². The van der Waals surface area contributed by atoms with E-state index in [0.29, 0.717) is 5.76 Å². The molecule has 3 nitrogen and oxygen atoms in total. The fourth-order valence-electron chi connectivity index (χ4n) is 0.641. The van der Waals surface area contributed by atoms with Gasteiger partial charge in [-0.3, -0.25) is 4.79 Å². The van der Waals surface area contributed by atoms with Crippen LogP contribution in [0.15, 0.2) is 23.1 Å². The number of carbonyl (C=O) groups excluding carboxylic acids is 1. The molecule has 0 aliphatic carbocycles. The van der Waals surface area contributed by atoms with Crippen LogP contribution in [0.5, 0.6) is 5.95 Å². The van der Waals surface area contributed by atoms with E-state index >= 15 is 0 Å². The monoisotopic (exact) mass is 152 g/mol. The van der Waals surface area contributed by atoms with Gasteiger partial charge in [-0.1, -0.05) is 6.58 Å². The highest BCUT2D eigenvalue weighted by Gasteiger charge is 2.01. The molecule has 58 valence electrons. The Morgan fingerprint density at radius 3 is 2.91 bits per heavy atom. The van der Waals surface area contributed by atoms with Crippen LogP contribution in [-0.4, -0.2) is 5.97 Å². The van der Waals surface area contributed by atoms with Crippen molar-refractivity contribution in [2.24, 2.45) is 0 Å². The molecule has 0 fully saturated rings. The molecule has 0 bridgehead atoms. The van der Waals surface area contributed by atoms with Crippen LogP contribution in [0.2, 0.25) is 0 Å². The Morgan fingerprint density at radius 2 is 2.45 bits per heavy atom. The lowest BCUT2D eigenvalue weighted by Gasteiger charge is -1.92. The van der Waals surface area contributed by atoms with Crippen LogP contribution in [0.3, 0.4) is 0 Å². The summed E-state index contributed by atoms with van der Waals surface area (Å²) in [7, 11) is 0. The Labute approximate surface area is 64.3 Å². The van der Waals surface area contributed by atoms with Crippen molar-refractivity contribution in [2.75, 3.05) is 0 Å². The molecule has 3 heteroatoms. The number of ether oxygens (including phenoxy) is 1. The second-order valence-electron chi connectivity index (χ2n) is 1.95. The summed E-state index contributed by atoms with van der Waals surface area (Å²) in [6.07, 6.45) is 1.53. The van der Waals surface area contributed by atoms with Gasteiger partial charge in [0, 0.05) is 13.0 Å². The third-order valence-corrected chi connectivity index (χ3v) is 1.05. The van der Waals surface area contributed by atoms with Gasteiger partial charge in [0.1, 0.15) is 5.76 Å². The van der Waals surface area contributed by atoms with E-state index in [2.05, 4.69) is 11.3 Å². The van der Waals surface area contributed by atoms with Gasteiger partial charge in [0.15, 0.2) is 0 Å². The summed E-state index contributed by atoms with van der Waals surface area (Å²) >= 11 is 0. The number of furan rings is 1. The molecule has 0 saturated heterocycles. The summed E-state index contributed by atoms with van der Waals surface area (Å²) in [6, 6.07) is 3.24. The summed E-state index contributed by atoms with van der Waals surface area (Å²) in [5.74, 6) is 0.392. The van der Waals surface area contributed by atoms with E-state index in [9.17, 15) is 4.79 Å². The van der Waals surface area contributed by atoms with Gasteiger partial charge in [0.05, 0.1) is 0 Å². The average Bonchev–Trinajstić information content (AvgIpc) is 2.34. The molecule has 1 aromatic rings. The van der Waals surface area contributed by atoms with Crippen LogP contribution in [0.1, 0.15) is 12.7 Å². The molecule has 0 spiro atoms. The fraction of sp³-hybridized carbons (Fsp3) is 0.125. The molecule has 0 radical (unpaired) electrons. The number of rotatable bonds is 2. The van der Waals surface area contributed by atoms with Crippen LogP contribution in [-0.2, 0) is 4.79 Å². The Bertz CT molecular complexity index is 273. The molecule has 1 rings (SSSR count). The number of hydrogen-bond donors (Lipinski definition) is 0. The van der Waals surface area contributed by atoms with Gasteiger partial charge in [0.25, 0.3) is 5.95 Å². The molecule has 0 aromatic carbocycles. The minimum absolute atomic E-state index is 0.201. The first-order valence-electron chi connectivity index (χ1n) is 3.13. The van der Waals surface area contributed by atoms with Gasteiger partial charge in [-0.15, -0.1) is 0 Å². The van der Waals surface area contributed by atoms with Crippen molar-refractivity contribution < 1.29 is 13.9 Å². The number of carbonyl (C=O) groups is 1. The Morgan fingerprint density at radius 1 is 1.73 bits per heavy atom. The minimum Gasteiger partial charge on any atom is -0.426 e. The van der Waals surface area contributed by atoms with Gasteiger partial charge in [-0.2, -0.15) is 0 Å². The topological polar surface area (TPSA) is 39.4 Å². The van der Waals surface area contributed by atoms with Gasteiger partial charge in [0.2, 0.25) is 0 Å². The summed E-state index contributed by atoms with van der Waals surface area (Å²) in [5.41, 5.74) is 0. The minimum atomic E-state index is -0.394. The molecule has 0 saturated carbocycles. The van der Waals surface area contributed by atoms with Crippen LogP contribution in [0.4, 0.5) is 0 Å². The third kappa shape index (κ3) is 1.97. The number of esters is 1. The zero-order valence-electron chi connectivity index (χ0n) is 6.16. The van der Waals surface area contributed by atoms with E-state index in [-0.39, 0.29) is 5.95 Å². The van der Waals surface area contributed by atoms with Crippen molar-refractivity contribution in [1.82, 2.24) is 0 Å². The van der Waals surface area contributed by atoms with Crippen molar-refractivity contribution in [3.05, 3.63) is 24.5 Å². The smallest absolute Gasteiger partial charge is 0.310 e. The van der Waals surface area contributed by atoms with Gasteiger partial charge in [-0.25, -0.2) is 0 Å². The summed E-state index contributed by atoms with van der Waals surface area (Å²) in [6.45, 7) is 4.80. The van der Waals surface area contributed by atoms with Crippen molar-refractivity contribution in [3.8, 4) is 5.95 Å². The van der Waals surface area contributed by atoms with Crippen LogP contribution in [0.25, 0.3) is 6.08 Å². The SMILES string of the molecule is C=Cc1ccc(OC(C)=O)o1. The van der Waals surface area contributed by atoms with Crippen molar-refractivity contribution in [2.45, 2.75) is 6.92 Å². The molecule has 0 unspecified atom stereocenters. The standard InChI is InChI=1S/C8H8O3/c1-3-7-4-5-8(11-7)10-6(2)9/h3-5H,1H2,2H3. The Kier molecular flexibility index (Phi) is 2.11. The molecule has 1 aromatic heterocycles. The predicted molar refractivity (Wildman–Crippen MR) is 40.1 cm³/mol. The first kappa shape index (κ1) is 7.60. The summed E-state index contributed by atoms with van der Waals surface area (Å²) in [5, 5.41) is 0. The maximum absolute atomic E-state index is 10.4. The first-order valence-corrected chi connectivity index (χ1v) is 3.13. The highest BCUT2D eigenvalue weighted by atomic mass is 16.6. The van der Waals surface area contributed by atoms with Crippen molar-refractivity contribution in [1.29, 1.82) is 0 Å². The second-order valence-corrected chi connectivity index (χ2v) is 1.95. The van der Waals surface area contributed by atoms with Crippen LogP contribution < -0.4 is 4.74 Å². The van der Waals surface area contributed by atoms with Crippen LogP contribution >= 0.6 is 0 Å². The molecule has 0 amide bonds. The highest BCUT2D eigenvalue weighted by molar-refractivity contribution is 5.68. The largest absolute Gasteiger partial charge is 0.426 e. The molecule has 0 aliphatic rings. The summed E-state index contributed by atoms with van der Waals surface area (Å²) < 4.78 is 9.63. The maximum Gasteiger partial charge on any atom is 0.310 e. The predicted octanol–water partition coefficient (Wildman–Crippen LogP) is 1.85. The lowest BCUT2D eigenvalue weighted by Crippen LogP contribution is -1.99. The quantitative estimate of drug-likeness (QED) is 0.607. The number of hydrogen-bond acceptors (Lipinski definition) is 3. The lowest BCUT2D eigenvalue weighted by molar-refractivity contribution is -0.133. The molecule has 0 N–H and O–H groups in total. The average molecular weight is 152 g/mol. The van der Waals surface area contributed by atoms with Crippen molar-refractivity contribution in [3.63, 3.8) is 0 Å². The molecule has 11 heavy (non-hydrogen) atoms. The van der Waals surface area contributed by atoms with Gasteiger partial charge in [-0.05, 0) is 12.1 Å². The van der Waals surface area contributed by atoms with E-state index in [1.54, 1.807) is 12.1 Å². The lowest BCUT2D eigenvalue weighted by atomic mass is 10.4. The second kappa shape index (κ2) is 3.05. The summed E-state index contributed by atoms with van der Waals surface area (Å²) in [4.78, 5) is 10.4. The zero-order chi connectivity index (χ0) is 8.27. The maximum atomic E-state index is 10.4.